The highest BCUT2D eigenvalue weighted by atomic mass is 16.5. The van der Waals surface area contributed by atoms with Gasteiger partial charge in [-0.2, -0.15) is 0 Å². The van der Waals surface area contributed by atoms with Crippen LogP contribution >= 0.6 is 0 Å². The van der Waals surface area contributed by atoms with E-state index in [4.69, 9.17) is 15.2 Å². The van der Waals surface area contributed by atoms with E-state index >= 15 is 0 Å². The number of rotatable bonds is 6. The minimum absolute atomic E-state index is 0.201. The molecule has 118 valence electrons. The maximum absolute atomic E-state index is 11.7. The van der Waals surface area contributed by atoms with Gasteiger partial charge in [-0.1, -0.05) is 19.3 Å². The van der Waals surface area contributed by atoms with Crippen LogP contribution in [-0.2, 0) is 16.0 Å². The number of nitrogens with zero attached hydrogens (tertiary/aromatic N) is 2. The van der Waals surface area contributed by atoms with Crippen LogP contribution in [0.2, 0.25) is 0 Å². The summed E-state index contributed by atoms with van der Waals surface area (Å²) in [6.45, 7) is 5.11. The molecule has 1 saturated carbocycles. The fourth-order valence-corrected chi connectivity index (χ4v) is 2.76. The number of nitrogens with two attached hydrogens (primary N) is 1. The number of aryl methyl sites for hydroxylation is 1. The Balaban J connectivity index is 1.92. The van der Waals surface area contributed by atoms with Crippen LogP contribution in [-0.4, -0.2) is 34.8 Å². The minimum Gasteiger partial charge on any atom is -0.461 e. The van der Waals surface area contributed by atoms with Gasteiger partial charge in [0.15, 0.2) is 5.69 Å². The maximum atomic E-state index is 11.7. The Bertz CT molecular complexity index is 479. The lowest BCUT2D eigenvalue weighted by molar-refractivity contribution is 0.0240. The van der Waals surface area contributed by atoms with Gasteiger partial charge in [0, 0.05) is 6.54 Å². The van der Waals surface area contributed by atoms with E-state index in [0.717, 1.165) is 12.8 Å². The molecule has 1 aromatic heterocycles. The van der Waals surface area contributed by atoms with Crippen molar-refractivity contribution in [3.63, 3.8) is 0 Å². The number of nitrogen functional groups attached to an aromatic ring is 1. The van der Waals surface area contributed by atoms with E-state index in [1.54, 1.807) is 6.92 Å². The first-order valence-corrected chi connectivity index (χ1v) is 7.74. The van der Waals surface area contributed by atoms with Gasteiger partial charge in [-0.15, -0.1) is 0 Å². The summed E-state index contributed by atoms with van der Waals surface area (Å²) in [5, 5.41) is 0. The third-order valence-electron chi connectivity index (χ3n) is 3.89. The van der Waals surface area contributed by atoms with Crippen molar-refractivity contribution in [2.75, 3.05) is 18.9 Å². The van der Waals surface area contributed by atoms with Crippen molar-refractivity contribution < 1.29 is 14.3 Å². The first kappa shape index (κ1) is 15.8. The van der Waals surface area contributed by atoms with Crippen molar-refractivity contribution in [3.8, 4) is 0 Å². The Hall–Kier alpha value is -1.56. The van der Waals surface area contributed by atoms with Gasteiger partial charge in [-0.05, 0) is 26.7 Å². The highest BCUT2D eigenvalue weighted by Gasteiger charge is 2.20. The number of anilines is 1. The zero-order valence-electron chi connectivity index (χ0n) is 12.9. The molecule has 0 atom stereocenters. The van der Waals surface area contributed by atoms with Crippen molar-refractivity contribution in [2.45, 2.75) is 58.6 Å². The summed E-state index contributed by atoms with van der Waals surface area (Å²) in [7, 11) is 0. The first-order valence-electron chi connectivity index (χ1n) is 7.74. The second kappa shape index (κ2) is 7.45. The largest absolute Gasteiger partial charge is 0.461 e. The zero-order valence-corrected chi connectivity index (χ0v) is 12.9. The topological polar surface area (TPSA) is 79.4 Å². The van der Waals surface area contributed by atoms with Crippen LogP contribution in [0, 0.1) is 6.92 Å². The lowest BCUT2D eigenvalue weighted by Crippen LogP contribution is -2.20. The van der Waals surface area contributed by atoms with Crippen LogP contribution in [0.15, 0.2) is 0 Å². The number of hydrogen-bond acceptors (Lipinski definition) is 5. The van der Waals surface area contributed by atoms with Crippen LogP contribution in [0.3, 0.4) is 0 Å². The van der Waals surface area contributed by atoms with E-state index in [2.05, 4.69) is 4.98 Å². The van der Waals surface area contributed by atoms with Gasteiger partial charge in [0.05, 0.1) is 19.3 Å². The SMILES string of the molecule is CCOC(=O)c1nc(C)n(CCOC2CCCCC2)c1N. The van der Waals surface area contributed by atoms with Crippen molar-refractivity contribution in [1.29, 1.82) is 0 Å². The zero-order chi connectivity index (χ0) is 15.2. The van der Waals surface area contributed by atoms with Gasteiger partial charge in [-0.3, -0.25) is 0 Å². The molecule has 21 heavy (non-hydrogen) atoms. The average molecular weight is 295 g/mol. The van der Waals surface area contributed by atoms with E-state index in [1.165, 1.54) is 19.3 Å². The number of carbonyl (C=O) groups excluding carboxylic acids is 1. The molecule has 1 aliphatic carbocycles. The molecule has 6 nitrogen and oxygen atoms in total. The normalized spacial score (nSPS) is 16.1. The van der Waals surface area contributed by atoms with Gasteiger partial charge in [-0.25, -0.2) is 9.78 Å². The van der Waals surface area contributed by atoms with Gasteiger partial charge < -0.3 is 19.8 Å². The van der Waals surface area contributed by atoms with Gasteiger partial charge >= 0.3 is 5.97 Å². The standard InChI is InChI=1S/C15H25N3O3/c1-3-20-15(19)13-14(16)18(11(2)17-13)9-10-21-12-7-5-4-6-8-12/h12H,3-10,16H2,1-2H3. The number of ether oxygens (including phenoxy) is 2. The van der Waals surface area contributed by atoms with Crippen LogP contribution in [0.25, 0.3) is 0 Å². The monoisotopic (exact) mass is 295 g/mol. The molecule has 1 fully saturated rings. The minimum atomic E-state index is -0.468. The molecule has 0 saturated heterocycles. The summed E-state index contributed by atoms with van der Waals surface area (Å²) in [5.74, 6) is 0.603. The molecular formula is C15H25N3O3. The molecule has 6 heteroatoms. The van der Waals surface area contributed by atoms with Crippen LogP contribution in [0.5, 0.6) is 0 Å². The first-order chi connectivity index (χ1) is 10.1. The van der Waals surface area contributed by atoms with E-state index in [-0.39, 0.29) is 5.69 Å². The summed E-state index contributed by atoms with van der Waals surface area (Å²) >= 11 is 0. The van der Waals surface area contributed by atoms with Gasteiger partial charge in [0.25, 0.3) is 0 Å². The Labute approximate surface area is 125 Å². The Morgan fingerprint density at radius 3 is 2.76 bits per heavy atom. The van der Waals surface area contributed by atoms with E-state index in [0.29, 0.717) is 37.5 Å². The molecular weight excluding hydrogens is 270 g/mol. The number of carbonyl (C=O) groups is 1. The summed E-state index contributed by atoms with van der Waals surface area (Å²) < 4.78 is 12.7. The molecule has 1 heterocycles. The Kier molecular flexibility index (Phi) is 5.61. The second-order valence-electron chi connectivity index (χ2n) is 5.40. The summed E-state index contributed by atoms with van der Waals surface area (Å²) in [6.07, 6.45) is 6.48. The number of esters is 1. The maximum Gasteiger partial charge on any atom is 0.360 e. The molecule has 0 aromatic carbocycles. The molecule has 2 N–H and O–H groups in total. The molecule has 0 amide bonds. The number of aromatic nitrogens is 2. The van der Waals surface area contributed by atoms with Crippen LogP contribution < -0.4 is 5.73 Å². The quantitative estimate of drug-likeness (QED) is 0.815. The van der Waals surface area contributed by atoms with Crippen LogP contribution in [0.4, 0.5) is 5.82 Å². The number of imidazole rings is 1. The summed E-state index contributed by atoms with van der Waals surface area (Å²) in [4.78, 5) is 15.9. The molecule has 0 radical (unpaired) electrons. The Morgan fingerprint density at radius 2 is 2.10 bits per heavy atom. The molecule has 1 aromatic rings. The van der Waals surface area contributed by atoms with Crippen molar-refractivity contribution >= 4 is 11.8 Å². The van der Waals surface area contributed by atoms with Crippen molar-refractivity contribution in [2.24, 2.45) is 0 Å². The molecule has 0 spiro atoms. The second-order valence-corrected chi connectivity index (χ2v) is 5.40. The third kappa shape index (κ3) is 3.97. The molecule has 0 aliphatic heterocycles. The number of hydrogen-bond donors (Lipinski definition) is 1. The summed E-state index contributed by atoms with van der Waals surface area (Å²) in [6, 6.07) is 0. The fraction of sp³-hybridized carbons (Fsp3) is 0.733. The van der Waals surface area contributed by atoms with E-state index < -0.39 is 5.97 Å². The molecule has 0 bridgehead atoms. The third-order valence-corrected chi connectivity index (χ3v) is 3.89. The Morgan fingerprint density at radius 1 is 1.38 bits per heavy atom. The van der Waals surface area contributed by atoms with Gasteiger partial charge in [0.2, 0.25) is 0 Å². The predicted molar refractivity (Wildman–Crippen MR) is 80.2 cm³/mol. The molecule has 2 rings (SSSR count). The van der Waals surface area contributed by atoms with Crippen molar-refractivity contribution in [3.05, 3.63) is 11.5 Å². The molecule has 1 aliphatic rings. The highest BCUT2D eigenvalue weighted by Crippen LogP contribution is 2.21. The lowest BCUT2D eigenvalue weighted by atomic mass is 9.98. The predicted octanol–water partition coefficient (Wildman–Crippen LogP) is 2.30. The summed E-state index contributed by atoms with van der Waals surface area (Å²) in [5.41, 5.74) is 6.20. The van der Waals surface area contributed by atoms with E-state index in [1.807, 2.05) is 11.5 Å². The average Bonchev–Trinajstić information content (AvgIpc) is 2.76. The molecule has 0 unspecified atom stereocenters. The van der Waals surface area contributed by atoms with Crippen molar-refractivity contribution in [1.82, 2.24) is 9.55 Å². The lowest BCUT2D eigenvalue weighted by Gasteiger charge is -2.22. The highest BCUT2D eigenvalue weighted by molar-refractivity contribution is 5.92. The van der Waals surface area contributed by atoms with E-state index in [9.17, 15) is 4.79 Å². The van der Waals surface area contributed by atoms with Crippen LogP contribution in [0.1, 0.15) is 55.3 Å². The smallest absolute Gasteiger partial charge is 0.360 e. The van der Waals surface area contributed by atoms with Gasteiger partial charge in [0.1, 0.15) is 11.6 Å². The fourth-order valence-electron chi connectivity index (χ4n) is 2.76.